The molecular formula is C6H8N2O. The number of hydrogen-bond donors (Lipinski definition) is 1. The van der Waals surface area contributed by atoms with Crippen LogP contribution in [0.1, 0.15) is 6.92 Å². The summed E-state index contributed by atoms with van der Waals surface area (Å²) >= 11 is 0. The van der Waals surface area contributed by atoms with Gasteiger partial charge in [0, 0.05) is 0 Å². The zero-order valence-corrected chi connectivity index (χ0v) is 5.22. The van der Waals surface area contributed by atoms with Gasteiger partial charge >= 0.3 is 0 Å². The average Bonchev–Trinajstić information content (AvgIpc) is 2.15. The summed E-state index contributed by atoms with van der Waals surface area (Å²) in [6.45, 7) is 5.48. The Balaban J connectivity index is 3.57. The van der Waals surface area contributed by atoms with Crippen molar-refractivity contribution in [2.45, 2.75) is 6.92 Å². The van der Waals surface area contributed by atoms with Crippen molar-refractivity contribution in [1.29, 1.82) is 0 Å². The highest BCUT2D eigenvalue weighted by Gasteiger charge is 1.92. The predicted octanol–water partition coefficient (Wildman–Crippen LogP) is -0.533. The summed E-state index contributed by atoms with van der Waals surface area (Å²) in [6, 6.07) is 0. The number of rotatable bonds is 0. The first-order chi connectivity index (χ1) is 4.25. The summed E-state index contributed by atoms with van der Waals surface area (Å²) in [7, 11) is 0. The summed E-state index contributed by atoms with van der Waals surface area (Å²) in [5, 5.41) is 4.16. The van der Waals surface area contributed by atoms with Gasteiger partial charge in [0.15, 0.2) is 11.2 Å². The zero-order chi connectivity index (χ0) is 6.85. The van der Waals surface area contributed by atoms with Crippen molar-refractivity contribution in [3.63, 3.8) is 0 Å². The molecule has 0 spiro atoms. The molecule has 0 bridgehead atoms. The molecule has 1 heterocycles. The summed E-state index contributed by atoms with van der Waals surface area (Å²) < 4.78 is 4.75. The van der Waals surface area contributed by atoms with Gasteiger partial charge in [0.1, 0.15) is 0 Å². The number of aromatic nitrogens is 1. The molecule has 48 valence electrons. The standard InChI is InChI=1S/C6H8N2O/c1-3-5-4(2)6(7)8-9-5/h3H,2H2,1H3,(H2,7,8)/b5-3+. The smallest absolute Gasteiger partial charge is 0.174 e. The maximum Gasteiger partial charge on any atom is 0.174 e. The van der Waals surface area contributed by atoms with Crippen LogP contribution in [0.2, 0.25) is 0 Å². The second kappa shape index (κ2) is 1.93. The molecule has 1 rings (SSSR count). The second-order valence-corrected chi connectivity index (χ2v) is 1.70. The SMILES string of the molecule is C=c1c(N)no/c1=C/C. The zero-order valence-electron chi connectivity index (χ0n) is 5.22. The van der Waals surface area contributed by atoms with Crippen LogP contribution in [0.3, 0.4) is 0 Å². The highest BCUT2D eigenvalue weighted by molar-refractivity contribution is 5.32. The summed E-state index contributed by atoms with van der Waals surface area (Å²) in [6.07, 6.45) is 1.77. The molecule has 0 saturated heterocycles. The topological polar surface area (TPSA) is 52.0 Å². The number of nitrogens with two attached hydrogens (primary N) is 1. The maximum absolute atomic E-state index is 5.33. The predicted molar refractivity (Wildman–Crippen MR) is 35.8 cm³/mol. The maximum atomic E-state index is 5.33. The molecule has 3 heteroatoms. The van der Waals surface area contributed by atoms with Crippen LogP contribution < -0.4 is 16.4 Å². The van der Waals surface area contributed by atoms with Gasteiger partial charge in [-0.05, 0) is 13.0 Å². The molecule has 1 aromatic rings. The Bertz CT molecular complexity index is 299. The van der Waals surface area contributed by atoms with Gasteiger partial charge in [-0.15, -0.1) is 0 Å². The molecule has 0 fully saturated rings. The Morgan fingerprint density at radius 1 is 1.78 bits per heavy atom. The minimum atomic E-state index is 0.364. The van der Waals surface area contributed by atoms with Crippen molar-refractivity contribution < 1.29 is 4.52 Å². The molecule has 0 unspecified atom stereocenters. The highest BCUT2D eigenvalue weighted by atomic mass is 16.5. The number of nitrogen functional groups attached to an aromatic ring is 1. The van der Waals surface area contributed by atoms with E-state index >= 15 is 0 Å². The van der Waals surface area contributed by atoms with E-state index in [0.29, 0.717) is 16.5 Å². The van der Waals surface area contributed by atoms with Crippen molar-refractivity contribution in [2.75, 3.05) is 5.73 Å². The van der Waals surface area contributed by atoms with Crippen molar-refractivity contribution in [2.24, 2.45) is 0 Å². The van der Waals surface area contributed by atoms with Crippen LogP contribution >= 0.6 is 0 Å². The highest BCUT2D eigenvalue weighted by Crippen LogP contribution is 1.75. The van der Waals surface area contributed by atoms with E-state index < -0.39 is 0 Å². The molecule has 0 aromatic carbocycles. The largest absolute Gasteiger partial charge is 0.380 e. The van der Waals surface area contributed by atoms with Crippen molar-refractivity contribution in [3.8, 4) is 0 Å². The second-order valence-electron chi connectivity index (χ2n) is 1.70. The van der Waals surface area contributed by atoms with Crippen molar-refractivity contribution in [3.05, 3.63) is 10.6 Å². The normalized spacial score (nSPS) is 12.3. The minimum Gasteiger partial charge on any atom is -0.380 e. The molecule has 9 heavy (non-hydrogen) atoms. The van der Waals surface area contributed by atoms with Gasteiger partial charge in [-0.3, -0.25) is 0 Å². The molecule has 0 aliphatic carbocycles. The van der Waals surface area contributed by atoms with E-state index in [4.69, 9.17) is 10.3 Å². The molecular weight excluding hydrogens is 116 g/mol. The molecule has 0 aliphatic heterocycles. The molecule has 0 amide bonds. The molecule has 1 aromatic heterocycles. The van der Waals surface area contributed by atoms with Crippen LogP contribution in [0.4, 0.5) is 5.82 Å². The van der Waals surface area contributed by atoms with Crippen LogP contribution in [0.25, 0.3) is 12.7 Å². The van der Waals surface area contributed by atoms with Gasteiger partial charge in [0.25, 0.3) is 0 Å². The molecule has 3 nitrogen and oxygen atoms in total. The Labute approximate surface area is 52.5 Å². The third kappa shape index (κ3) is 0.806. The van der Waals surface area contributed by atoms with E-state index in [1.54, 1.807) is 6.08 Å². The van der Waals surface area contributed by atoms with Gasteiger partial charge in [0.2, 0.25) is 0 Å². The van der Waals surface area contributed by atoms with E-state index in [2.05, 4.69) is 11.7 Å². The molecule has 0 atom stereocenters. The average molecular weight is 124 g/mol. The lowest BCUT2D eigenvalue weighted by atomic mass is 10.4. The Hall–Kier alpha value is -1.25. The van der Waals surface area contributed by atoms with Crippen LogP contribution in [-0.2, 0) is 0 Å². The molecule has 0 aliphatic rings. The molecule has 2 N–H and O–H groups in total. The first kappa shape index (κ1) is 5.88. The first-order valence-electron chi connectivity index (χ1n) is 2.62. The Morgan fingerprint density at radius 3 is 2.67 bits per heavy atom. The van der Waals surface area contributed by atoms with Crippen LogP contribution in [0.5, 0.6) is 0 Å². The fourth-order valence-corrected chi connectivity index (χ4v) is 0.562. The van der Waals surface area contributed by atoms with Crippen LogP contribution in [0.15, 0.2) is 4.52 Å². The molecule has 0 radical (unpaired) electrons. The van der Waals surface area contributed by atoms with E-state index in [0.717, 1.165) is 0 Å². The Morgan fingerprint density at radius 2 is 2.44 bits per heavy atom. The van der Waals surface area contributed by atoms with Gasteiger partial charge < -0.3 is 10.3 Å². The van der Waals surface area contributed by atoms with E-state index in [1.807, 2.05) is 6.92 Å². The number of nitrogens with zero attached hydrogens (tertiary/aromatic N) is 1. The Kier molecular flexibility index (Phi) is 1.26. The lowest BCUT2D eigenvalue weighted by Crippen LogP contribution is -2.19. The third-order valence-corrected chi connectivity index (χ3v) is 1.11. The fourth-order valence-electron chi connectivity index (χ4n) is 0.562. The van der Waals surface area contributed by atoms with Crippen molar-refractivity contribution in [1.82, 2.24) is 5.16 Å². The summed E-state index contributed by atoms with van der Waals surface area (Å²) in [5.41, 5.74) is 5.97. The summed E-state index contributed by atoms with van der Waals surface area (Å²) in [4.78, 5) is 0. The minimum absolute atomic E-state index is 0.364. The van der Waals surface area contributed by atoms with E-state index in [1.165, 1.54) is 0 Å². The fraction of sp³-hybridized carbons (Fsp3) is 0.167. The first-order valence-corrected chi connectivity index (χ1v) is 2.62. The lowest BCUT2D eigenvalue weighted by Gasteiger charge is -1.69. The third-order valence-electron chi connectivity index (χ3n) is 1.11. The van der Waals surface area contributed by atoms with Gasteiger partial charge in [-0.1, -0.05) is 11.7 Å². The van der Waals surface area contributed by atoms with Gasteiger partial charge in [-0.2, -0.15) is 0 Å². The van der Waals surface area contributed by atoms with Crippen LogP contribution in [-0.4, -0.2) is 5.16 Å². The lowest BCUT2D eigenvalue weighted by molar-refractivity contribution is 0.396. The summed E-state index contributed by atoms with van der Waals surface area (Å²) in [5.74, 6) is 0.364. The number of anilines is 1. The monoisotopic (exact) mass is 124 g/mol. The van der Waals surface area contributed by atoms with Crippen LogP contribution in [0, 0.1) is 0 Å². The number of hydrogen-bond acceptors (Lipinski definition) is 3. The van der Waals surface area contributed by atoms with E-state index in [-0.39, 0.29) is 0 Å². The van der Waals surface area contributed by atoms with Crippen molar-refractivity contribution >= 4 is 18.5 Å². The van der Waals surface area contributed by atoms with Gasteiger partial charge in [-0.25, -0.2) is 0 Å². The van der Waals surface area contributed by atoms with E-state index in [9.17, 15) is 0 Å². The quantitative estimate of drug-likeness (QED) is 0.505. The van der Waals surface area contributed by atoms with Gasteiger partial charge in [0.05, 0.1) is 5.22 Å². The molecule has 0 saturated carbocycles.